The van der Waals surface area contributed by atoms with Gasteiger partial charge in [-0.25, -0.2) is 0 Å². The minimum Gasteiger partial charge on any atom is -0.368 e. The molecule has 0 spiro atoms. The highest BCUT2D eigenvalue weighted by molar-refractivity contribution is 6.21. The lowest BCUT2D eigenvalue weighted by Crippen LogP contribution is -2.45. The lowest BCUT2D eigenvalue weighted by molar-refractivity contribution is -0.134. The molecule has 1 aliphatic heterocycles. The molecule has 1 aliphatic rings. The van der Waals surface area contributed by atoms with E-state index in [1.165, 1.54) is 0 Å². The minimum atomic E-state index is -0.955. The van der Waals surface area contributed by atoms with Crippen LogP contribution in [0.15, 0.2) is 84.9 Å². The van der Waals surface area contributed by atoms with Crippen molar-refractivity contribution in [2.75, 3.05) is 6.54 Å². The molecule has 2 amide bonds. The van der Waals surface area contributed by atoms with E-state index in [-0.39, 0.29) is 19.8 Å². The molecule has 32 heavy (non-hydrogen) atoms. The molecule has 0 aliphatic carbocycles. The standard InChI is InChI=1S/C26H23NO5/c28-16-24(32-18-20-11-5-2-6-12-20)23(31-17-19-9-3-1-4-10-19)15-27-25(29)21-13-7-8-14-22(21)26(27)30/h1-14,16,23-24H,15,17-18H2/t23-,24-/m1/s1. The van der Waals surface area contributed by atoms with Gasteiger partial charge in [0, 0.05) is 0 Å². The first kappa shape index (κ1) is 21.6. The van der Waals surface area contributed by atoms with E-state index in [2.05, 4.69) is 0 Å². The maximum absolute atomic E-state index is 12.8. The summed E-state index contributed by atoms with van der Waals surface area (Å²) in [6, 6.07) is 25.6. The van der Waals surface area contributed by atoms with Crippen LogP contribution >= 0.6 is 0 Å². The van der Waals surface area contributed by atoms with Crippen molar-refractivity contribution in [3.8, 4) is 0 Å². The van der Waals surface area contributed by atoms with Crippen LogP contribution in [0.2, 0.25) is 0 Å². The van der Waals surface area contributed by atoms with Gasteiger partial charge in [0.1, 0.15) is 12.2 Å². The summed E-state index contributed by atoms with van der Waals surface area (Å²) < 4.78 is 11.9. The maximum Gasteiger partial charge on any atom is 0.261 e. The average Bonchev–Trinajstić information content (AvgIpc) is 3.09. The molecule has 1 heterocycles. The fourth-order valence-electron chi connectivity index (χ4n) is 3.61. The number of nitrogens with zero attached hydrogens (tertiary/aromatic N) is 1. The number of hydrogen-bond acceptors (Lipinski definition) is 5. The van der Waals surface area contributed by atoms with E-state index in [4.69, 9.17) is 9.47 Å². The summed E-state index contributed by atoms with van der Waals surface area (Å²) in [6.07, 6.45) is -1.11. The van der Waals surface area contributed by atoms with E-state index < -0.39 is 24.0 Å². The summed E-state index contributed by atoms with van der Waals surface area (Å²) in [4.78, 5) is 38.7. The third kappa shape index (κ3) is 4.82. The average molecular weight is 429 g/mol. The van der Waals surface area contributed by atoms with E-state index in [9.17, 15) is 14.4 Å². The first-order chi connectivity index (χ1) is 15.7. The SMILES string of the molecule is O=C[C@@H](OCc1ccccc1)[C@@H](CN1C(=O)c2ccccc2C1=O)OCc1ccccc1. The molecule has 6 nitrogen and oxygen atoms in total. The van der Waals surface area contributed by atoms with Crippen molar-refractivity contribution >= 4 is 18.1 Å². The topological polar surface area (TPSA) is 72.9 Å². The summed E-state index contributed by atoms with van der Waals surface area (Å²) in [7, 11) is 0. The number of imide groups is 1. The molecule has 0 bridgehead atoms. The zero-order valence-electron chi connectivity index (χ0n) is 17.4. The number of aldehydes is 1. The Morgan fingerprint density at radius 1 is 0.688 bits per heavy atom. The van der Waals surface area contributed by atoms with E-state index >= 15 is 0 Å². The Balaban J connectivity index is 1.52. The number of rotatable bonds is 10. The van der Waals surface area contributed by atoms with Crippen LogP contribution in [0.1, 0.15) is 31.8 Å². The fourth-order valence-corrected chi connectivity index (χ4v) is 3.61. The smallest absolute Gasteiger partial charge is 0.261 e. The molecule has 0 fully saturated rings. The number of ether oxygens (including phenoxy) is 2. The predicted octanol–water partition coefficient (Wildman–Crippen LogP) is 3.65. The highest BCUT2D eigenvalue weighted by atomic mass is 16.5. The molecule has 0 saturated heterocycles. The van der Waals surface area contributed by atoms with Crippen LogP contribution in [0.25, 0.3) is 0 Å². The van der Waals surface area contributed by atoms with Crippen LogP contribution in [-0.2, 0) is 27.5 Å². The first-order valence-corrected chi connectivity index (χ1v) is 10.4. The lowest BCUT2D eigenvalue weighted by atomic mass is 10.1. The molecule has 162 valence electrons. The van der Waals surface area contributed by atoms with Crippen molar-refractivity contribution in [3.63, 3.8) is 0 Å². The Bertz CT molecular complexity index is 1050. The lowest BCUT2D eigenvalue weighted by Gasteiger charge is -2.27. The van der Waals surface area contributed by atoms with Gasteiger partial charge in [0.2, 0.25) is 0 Å². The van der Waals surface area contributed by atoms with Gasteiger partial charge in [0.25, 0.3) is 11.8 Å². The zero-order chi connectivity index (χ0) is 22.3. The fraction of sp³-hybridized carbons (Fsp3) is 0.192. The van der Waals surface area contributed by atoms with Gasteiger partial charge in [-0.2, -0.15) is 0 Å². The Labute approximate surface area is 186 Å². The largest absolute Gasteiger partial charge is 0.368 e. The van der Waals surface area contributed by atoms with Gasteiger partial charge in [0.15, 0.2) is 6.29 Å². The van der Waals surface area contributed by atoms with Crippen LogP contribution in [0.4, 0.5) is 0 Å². The molecule has 0 unspecified atom stereocenters. The predicted molar refractivity (Wildman–Crippen MR) is 118 cm³/mol. The van der Waals surface area contributed by atoms with Crippen molar-refractivity contribution < 1.29 is 23.9 Å². The van der Waals surface area contributed by atoms with Crippen molar-refractivity contribution in [3.05, 3.63) is 107 Å². The Morgan fingerprint density at radius 3 is 1.66 bits per heavy atom. The van der Waals surface area contributed by atoms with Crippen molar-refractivity contribution in [1.29, 1.82) is 0 Å². The number of fused-ring (bicyclic) bond motifs is 1. The second kappa shape index (κ2) is 10.1. The molecule has 0 aromatic heterocycles. The summed E-state index contributed by atoms with van der Waals surface area (Å²) in [6.45, 7) is 0.336. The summed E-state index contributed by atoms with van der Waals surface area (Å²) in [5.74, 6) is -0.793. The van der Waals surface area contributed by atoms with Gasteiger partial charge >= 0.3 is 0 Å². The van der Waals surface area contributed by atoms with E-state index in [0.29, 0.717) is 17.4 Å². The van der Waals surface area contributed by atoms with E-state index in [1.807, 2.05) is 60.7 Å². The van der Waals surface area contributed by atoms with Gasteiger partial charge in [-0.05, 0) is 23.3 Å². The van der Waals surface area contributed by atoms with Crippen molar-refractivity contribution in [1.82, 2.24) is 4.90 Å². The number of carbonyl (C=O) groups is 3. The van der Waals surface area contributed by atoms with E-state index in [0.717, 1.165) is 16.0 Å². The van der Waals surface area contributed by atoms with Gasteiger partial charge in [-0.3, -0.25) is 14.5 Å². The van der Waals surface area contributed by atoms with Gasteiger partial charge in [-0.1, -0.05) is 72.8 Å². The molecule has 0 saturated carbocycles. The van der Waals surface area contributed by atoms with Crippen LogP contribution in [-0.4, -0.2) is 41.8 Å². The van der Waals surface area contributed by atoms with E-state index in [1.54, 1.807) is 24.3 Å². The molecule has 3 aromatic rings. The molecule has 6 heteroatoms. The van der Waals surface area contributed by atoms with Crippen LogP contribution in [0, 0.1) is 0 Å². The highest BCUT2D eigenvalue weighted by Gasteiger charge is 2.38. The normalized spacial score (nSPS) is 14.8. The number of amides is 2. The third-order valence-electron chi connectivity index (χ3n) is 5.33. The Morgan fingerprint density at radius 2 is 1.16 bits per heavy atom. The molecule has 4 rings (SSSR count). The summed E-state index contributed by atoms with van der Waals surface area (Å²) >= 11 is 0. The molecule has 2 atom stereocenters. The quantitative estimate of drug-likeness (QED) is 0.363. The zero-order valence-corrected chi connectivity index (χ0v) is 17.4. The van der Waals surface area contributed by atoms with Crippen LogP contribution in [0.3, 0.4) is 0 Å². The van der Waals surface area contributed by atoms with Gasteiger partial charge in [-0.15, -0.1) is 0 Å². The maximum atomic E-state index is 12.8. The third-order valence-corrected chi connectivity index (χ3v) is 5.33. The second-order valence-electron chi connectivity index (χ2n) is 7.50. The number of benzene rings is 3. The molecule has 3 aromatic carbocycles. The molecule has 0 radical (unpaired) electrons. The van der Waals surface area contributed by atoms with Crippen LogP contribution < -0.4 is 0 Å². The Hall–Kier alpha value is -3.61. The monoisotopic (exact) mass is 429 g/mol. The summed E-state index contributed by atoms with van der Waals surface area (Å²) in [5, 5.41) is 0. The summed E-state index contributed by atoms with van der Waals surface area (Å²) in [5.41, 5.74) is 2.52. The van der Waals surface area contributed by atoms with Crippen molar-refractivity contribution in [2.24, 2.45) is 0 Å². The highest BCUT2D eigenvalue weighted by Crippen LogP contribution is 2.24. The molecular weight excluding hydrogens is 406 g/mol. The van der Waals surface area contributed by atoms with Crippen LogP contribution in [0.5, 0.6) is 0 Å². The molecular formula is C26H23NO5. The van der Waals surface area contributed by atoms with Crippen molar-refractivity contribution in [2.45, 2.75) is 25.4 Å². The Kier molecular flexibility index (Phi) is 6.84. The second-order valence-corrected chi connectivity index (χ2v) is 7.50. The molecule has 0 N–H and O–H groups in total. The number of hydrogen-bond donors (Lipinski definition) is 0. The first-order valence-electron chi connectivity index (χ1n) is 10.4. The minimum absolute atomic E-state index is 0.0859. The van der Waals surface area contributed by atoms with Gasteiger partial charge in [0.05, 0.1) is 30.9 Å². The number of carbonyl (C=O) groups excluding carboxylic acids is 3. The van der Waals surface area contributed by atoms with Gasteiger partial charge < -0.3 is 14.3 Å².